The number of carbonyl (C=O) groups is 1. The Morgan fingerprint density at radius 3 is 2.91 bits per heavy atom. The molecule has 0 spiro atoms. The lowest BCUT2D eigenvalue weighted by Gasteiger charge is -2.40. The lowest BCUT2D eigenvalue weighted by molar-refractivity contribution is 0.119. The molecule has 1 aromatic heterocycles. The number of amides is 1. The summed E-state index contributed by atoms with van der Waals surface area (Å²) in [6, 6.07) is 4.30. The van der Waals surface area contributed by atoms with Gasteiger partial charge in [-0.25, -0.2) is 4.79 Å². The minimum Gasteiger partial charge on any atom is -0.492 e. The maximum absolute atomic E-state index is 11.7. The van der Waals surface area contributed by atoms with Crippen LogP contribution in [0.4, 0.5) is 10.6 Å². The molecule has 1 amide bonds. The molecule has 0 aliphatic carbocycles. The Kier molecular flexibility index (Phi) is 6.84. The summed E-state index contributed by atoms with van der Waals surface area (Å²) in [5, 5.41) is 19.7. The highest BCUT2D eigenvalue weighted by Gasteiger charge is 2.33. The summed E-state index contributed by atoms with van der Waals surface area (Å²) in [5.41, 5.74) is 1.81. The summed E-state index contributed by atoms with van der Waals surface area (Å²) >= 11 is 3.69. The van der Waals surface area contributed by atoms with Gasteiger partial charge in [0.1, 0.15) is 18.2 Å². The van der Waals surface area contributed by atoms with Crippen molar-refractivity contribution in [1.82, 2.24) is 19.8 Å². The van der Waals surface area contributed by atoms with Crippen LogP contribution in [0.3, 0.4) is 0 Å². The van der Waals surface area contributed by atoms with Gasteiger partial charge in [0, 0.05) is 35.7 Å². The van der Waals surface area contributed by atoms with E-state index < -0.39 is 12.1 Å². The van der Waals surface area contributed by atoms with Crippen molar-refractivity contribution in [3.05, 3.63) is 16.1 Å². The van der Waals surface area contributed by atoms with Crippen molar-refractivity contribution < 1.29 is 19.4 Å². The van der Waals surface area contributed by atoms with Crippen LogP contribution in [0.2, 0.25) is 0 Å². The van der Waals surface area contributed by atoms with E-state index in [9.17, 15) is 15.2 Å². The maximum atomic E-state index is 11.7. The smallest absolute Gasteiger partial charge is 0.407 e. The predicted octanol–water partition coefficient (Wildman–Crippen LogP) is 3.27. The lowest BCUT2D eigenvalue weighted by Crippen LogP contribution is -2.55. The zero-order chi connectivity index (χ0) is 24.5. The summed E-state index contributed by atoms with van der Waals surface area (Å²) in [5.74, 6) is 1.44. The zero-order valence-electron chi connectivity index (χ0n) is 19.7. The third-order valence-corrected chi connectivity index (χ3v) is 7.91. The summed E-state index contributed by atoms with van der Waals surface area (Å²) in [6.45, 7) is 3.29. The van der Waals surface area contributed by atoms with Gasteiger partial charge in [-0.3, -0.25) is 0 Å². The number of nitriles is 1. The molecule has 10 nitrogen and oxygen atoms in total. The average molecular weight is 545 g/mol. The van der Waals surface area contributed by atoms with Crippen molar-refractivity contribution in [3.63, 3.8) is 0 Å². The van der Waals surface area contributed by atoms with Gasteiger partial charge in [0.25, 0.3) is 0 Å². The molecule has 11 heteroatoms. The van der Waals surface area contributed by atoms with E-state index in [2.05, 4.69) is 33.9 Å². The number of carboxylic acid groups (broad SMARTS) is 1. The molecule has 4 heterocycles. The molecule has 2 aromatic rings. The number of ether oxygens (including phenoxy) is 2. The first-order valence-electron chi connectivity index (χ1n) is 12.1. The normalized spacial score (nSPS) is 22.5. The number of benzene rings is 1. The fourth-order valence-corrected chi connectivity index (χ4v) is 5.88. The maximum Gasteiger partial charge on any atom is 0.407 e. The highest BCUT2D eigenvalue weighted by atomic mass is 79.9. The van der Waals surface area contributed by atoms with E-state index in [0.717, 1.165) is 58.9 Å². The van der Waals surface area contributed by atoms with Crippen LogP contribution >= 0.6 is 15.9 Å². The molecular weight excluding hydrogens is 516 g/mol. The molecule has 0 bridgehead atoms. The standard InChI is InChI=1S/C24H29BrN6O4/c1-29-8-2-4-16(29)14-35-23-27-19-12-18(25)17-5-3-11-34-21(17)20(19)22(28-23)30-9-10-31(24(32)33)15(13-30)6-7-26/h12,15-16H,2-6,8-11,13-14H2,1H3,(H,32,33). The minimum absolute atomic E-state index is 0.114. The number of hydrogen-bond donors (Lipinski definition) is 1. The predicted molar refractivity (Wildman–Crippen MR) is 133 cm³/mol. The minimum atomic E-state index is -1.01. The van der Waals surface area contributed by atoms with Crippen molar-refractivity contribution in [2.45, 2.75) is 44.2 Å². The molecule has 0 radical (unpaired) electrons. The number of nitrogens with zero attached hydrogens (tertiary/aromatic N) is 6. The number of likely N-dealkylation sites (N-methyl/N-ethyl adjacent to an activating group) is 1. The Labute approximate surface area is 212 Å². The van der Waals surface area contributed by atoms with E-state index in [-0.39, 0.29) is 13.0 Å². The van der Waals surface area contributed by atoms with Gasteiger partial charge in [-0.15, -0.1) is 0 Å². The van der Waals surface area contributed by atoms with E-state index in [1.807, 2.05) is 11.0 Å². The Morgan fingerprint density at radius 1 is 1.31 bits per heavy atom. The molecule has 2 atom stereocenters. The molecule has 1 aromatic carbocycles. The number of anilines is 1. The van der Waals surface area contributed by atoms with Crippen molar-refractivity contribution in [1.29, 1.82) is 5.26 Å². The first-order chi connectivity index (χ1) is 17.0. The van der Waals surface area contributed by atoms with Crippen LogP contribution in [0.25, 0.3) is 10.9 Å². The highest BCUT2D eigenvalue weighted by molar-refractivity contribution is 9.10. The number of aromatic nitrogens is 2. The van der Waals surface area contributed by atoms with Crippen molar-refractivity contribution in [2.75, 3.05) is 51.3 Å². The SMILES string of the molecule is CN1CCCC1COc1nc(N2CCN(C(=O)O)C(CC#N)C2)c2c3c(c(Br)cc2n1)CCCO3. The Hall–Kier alpha value is -2.84. The summed E-state index contributed by atoms with van der Waals surface area (Å²) in [7, 11) is 2.10. The van der Waals surface area contributed by atoms with Gasteiger partial charge in [-0.2, -0.15) is 15.2 Å². The number of halogens is 1. The van der Waals surface area contributed by atoms with E-state index in [0.29, 0.717) is 44.2 Å². The highest BCUT2D eigenvalue weighted by Crippen LogP contribution is 2.43. The van der Waals surface area contributed by atoms with Crippen LogP contribution in [0.1, 0.15) is 31.2 Å². The Morgan fingerprint density at radius 2 is 2.17 bits per heavy atom. The molecule has 3 aliphatic heterocycles. The molecule has 0 saturated carbocycles. The van der Waals surface area contributed by atoms with Gasteiger partial charge < -0.3 is 29.3 Å². The fraction of sp³-hybridized carbons (Fsp3) is 0.583. The van der Waals surface area contributed by atoms with Crippen LogP contribution in [0.15, 0.2) is 10.5 Å². The molecule has 35 heavy (non-hydrogen) atoms. The van der Waals surface area contributed by atoms with Crippen LogP contribution in [-0.2, 0) is 6.42 Å². The van der Waals surface area contributed by atoms with Gasteiger partial charge in [0.15, 0.2) is 0 Å². The van der Waals surface area contributed by atoms with Crippen molar-refractivity contribution in [2.24, 2.45) is 0 Å². The van der Waals surface area contributed by atoms with E-state index in [4.69, 9.17) is 19.4 Å². The molecule has 186 valence electrons. The quantitative estimate of drug-likeness (QED) is 0.605. The van der Waals surface area contributed by atoms with Crippen LogP contribution in [0.5, 0.6) is 11.8 Å². The van der Waals surface area contributed by atoms with Gasteiger partial charge in [-0.1, -0.05) is 15.9 Å². The molecular formula is C24H29BrN6O4. The molecule has 2 unspecified atom stereocenters. The van der Waals surface area contributed by atoms with Gasteiger partial charge >= 0.3 is 12.1 Å². The first-order valence-corrected chi connectivity index (χ1v) is 12.9. The van der Waals surface area contributed by atoms with Crippen LogP contribution < -0.4 is 14.4 Å². The number of hydrogen-bond acceptors (Lipinski definition) is 8. The fourth-order valence-electron chi connectivity index (χ4n) is 5.28. The van der Waals surface area contributed by atoms with E-state index >= 15 is 0 Å². The molecule has 1 N–H and O–H groups in total. The van der Waals surface area contributed by atoms with Crippen molar-refractivity contribution in [3.8, 4) is 17.8 Å². The summed E-state index contributed by atoms with van der Waals surface area (Å²) in [4.78, 5) is 27.0. The van der Waals surface area contributed by atoms with Crippen LogP contribution in [-0.4, -0.2) is 89.5 Å². The Bertz CT molecular complexity index is 1170. The number of piperazine rings is 1. The third kappa shape index (κ3) is 4.69. The van der Waals surface area contributed by atoms with Crippen molar-refractivity contribution >= 4 is 38.7 Å². The third-order valence-electron chi connectivity index (χ3n) is 7.20. The largest absolute Gasteiger partial charge is 0.492 e. The van der Waals surface area contributed by atoms with E-state index in [1.165, 1.54) is 4.90 Å². The monoisotopic (exact) mass is 544 g/mol. The zero-order valence-corrected chi connectivity index (χ0v) is 21.3. The summed E-state index contributed by atoms with van der Waals surface area (Å²) in [6.07, 6.45) is 3.16. The van der Waals surface area contributed by atoms with E-state index in [1.54, 1.807) is 0 Å². The molecule has 5 rings (SSSR count). The van der Waals surface area contributed by atoms with Crippen LogP contribution in [0, 0.1) is 11.3 Å². The second-order valence-corrected chi connectivity index (χ2v) is 10.2. The lowest BCUT2D eigenvalue weighted by atomic mass is 10.0. The van der Waals surface area contributed by atoms with Gasteiger partial charge in [-0.05, 0) is 45.3 Å². The number of rotatable bonds is 5. The first kappa shape index (κ1) is 23.9. The molecule has 3 aliphatic rings. The van der Waals surface area contributed by atoms with Gasteiger partial charge in [0.05, 0.1) is 36.0 Å². The number of fused-ring (bicyclic) bond motifs is 3. The average Bonchev–Trinajstić information content (AvgIpc) is 3.27. The van der Waals surface area contributed by atoms with Gasteiger partial charge in [0.2, 0.25) is 0 Å². The molecule has 2 fully saturated rings. The topological polar surface area (TPSA) is 115 Å². The molecule has 2 saturated heterocycles. The Balaban J connectivity index is 1.55. The second-order valence-electron chi connectivity index (χ2n) is 9.37. The second kappa shape index (κ2) is 10.0. The summed E-state index contributed by atoms with van der Waals surface area (Å²) < 4.78 is 13.2. The number of likely N-dealkylation sites (tertiary alicyclic amines) is 1.